The third-order valence-electron chi connectivity index (χ3n) is 7.90. The average Bonchev–Trinajstić information content (AvgIpc) is 3.40. The number of furan rings is 1. The van der Waals surface area contributed by atoms with Crippen molar-refractivity contribution in [2.75, 3.05) is 38.7 Å². The highest BCUT2D eigenvalue weighted by Crippen LogP contribution is 2.39. The van der Waals surface area contributed by atoms with Crippen LogP contribution in [0.5, 0.6) is 5.75 Å². The summed E-state index contributed by atoms with van der Waals surface area (Å²) in [6.45, 7) is 3.60. The summed E-state index contributed by atoms with van der Waals surface area (Å²) in [6, 6.07) is 25.3. The van der Waals surface area contributed by atoms with Gasteiger partial charge < -0.3 is 25.3 Å². The predicted octanol–water partition coefficient (Wildman–Crippen LogP) is 5.98. The van der Waals surface area contributed by atoms with Crippen LogP contribution in [-0.4, -0.2) is 50.1 Å². The van der Waals surface area contributed by atoms with Crippen LogP contribution >= 0.6 is 0 Å². The second kappa shape index (κ2) is 14.0. The van der Waals surface area contributed by atoms with Gasteiger partial charge in [-0.3, -0.25) is 4.99 Å². The Morgan fingerprint density at radius 1 is 1.00 bits per heavy atom. The number of aliphatic imine (C=N–C) groups is 1. The van der Waals surface area contributed by atoms with Crippen LogP contribution in [0.3, 0.4) is 0 Å². The Morgan fingerprint density at radius 3 is 2.50 bits per heavy atom. The molecule has 212 valence electrons. The lowest BCUT2D eigenvalue weighted by Crippen LogP contribution is -2.35. The topological polar surface area (TPSA) is 98.7 Å². The van der Waals surface area contributed by atoms with Gasteiger partial charge in [-0.25, -0.2) is 4.90 Å². The molecule has 3 aromatic carbocycles. The number of hydrogen-bond donors (Lipinski definition) is 1. The predicted molar refractivity (Wildman–Crippen MR) is 165 cm³/mol. The largest absolute Gasteiger partial charge is 0.495 e. The second-order valence-electron chi connectivity index (χ2n) is 10.5. The minimum atomic E-state index is 0. The molecule has 2 heterocycles. The van der Waals surface area contributed by atoms with Gasteiger partial charge in [0.15, 0.2) is 0 Å². The standard InChI is InChI=1S/C33H40N4O2.H2O/c1-35-33(34)37(32-29-14-7-6-13-28(29)24-39-32)30-23-26(15-16-31(30)38-2)12-8-9-19-36-20-17-27(18-21-36)22-25-10-4-3-5-11-25;/h3-7,10-11,13-16,23-24,27H,8-9,12,17-22H2,1-2H3,(H2,34,35);1H2. The zero-order chi connectivity index (χ0) is 27.0. The maximum atomic E-state index is 6.42. The maximum absolute atomic E-state index is 6.42. The quantitative estimate of drug-likeness (QED) is 0.151. The van der Waals surface area contributed by atoms with Crippen molar-refractivity contribution in [1.29, 1.82) is 0 Å². The normalized spacial score (nSPS) is 14.7. The molecule has 5 rings (SSSR count). The number of anilines is 2. The van der Waals surface area contributed by atoms with Crippen molar-refractivity contribution in [1.82, 2.24) is 4.90 Å². The van der Waals surface area contributed by atoms with Crippen molar-refractivity contribution < 1.29 is 14.6 Å². The molecule has 0 radical (unpaired) electrons. The molecule has 0 spiro atoms. The van der Waals surface area contributed by atoms with Gasteiger partial charge in [-0.1, -0.05) is 54.6 Å². The first-order chi connectivity index (χ1) is 19.2. The summed E-state index contributed by atoms with van der Waals surface area (Å²) in [4.78, 5) is 8.78. The average molecular weight is 543 g/mol. The highest BCUT2D eigenvalue weighted by Gasteiger charge is 2.24. The molecule has 7 heteroatoms. The van der Waals surface area contributed by atoms with Crippen molar-refractivity contribution in [3.63, 3.8) is 0 Å². The van der Waals surface area contributed by atoms with E-state index in [1.165, 1.54) is 56.4 Å². The zero-order valence-corrected chi connectivity index (χ0v) is 23.7. The summed E-state index contributed by atoms with van der Waals surface area (Å²) in [7, 11) is 3.37. The minimum Gasteiger partial charge on any atom is -0.495 e. The Labute approximate surface area is 237 Å². The Balaban J connectivity index is 0.00000370. The van der Waals surface area contributed by atoms with Crippen molar-refractivity contribution in [2.45, 2.75) is 38.5 Å². The van der Waals surface area contributed by atoms with E-state index in [0.29, 0.717) is 11.8 Å². The number of nitrogens with zero attached hydrogens (tertiary/aromatic N) is 3. The number of hydrogen-bond acceptors (Lipinski definition) is 4. The lowest BCUT2D eigenvalue weighted by Gasteiger charge is -2.32. The molecule has 1 aliphatic heterocycles. The van der Waals surface area contributed by atoms with Gasteiger partial charge in [-0.15, -0.1) is 0 Å². The van der Waals surface area contributed by atoms with Crippen molar-refractivity contribution in [3.05, 3.63) is 90.2 Å². The maximum Gasteiger partial charge on any atom is 0.214 e. The van der Waals surface area contributed by atoms with Gasteiger partial charge in [-0.05, 0) is 93.4 Å². The summed E-state index contributed by atoms with van der Waals surface area (Å²) in [5.41, 5.74) is 9.97. The van der Waals surface area contributed by atoms with Crippen molar-refractivity contribution in [2.24, 2.45) is 16.6 Å². The van der Waals surface area contributed by atoms with E-state index in [4.69, 9.17) is 14.9 Å². The van der Waals surface area contributed by atoms with Gasteiger partial charge in [0.1, 0.15) is 12.0 Å². The van der Waals surface area contributed by atoms with Crippen LogP contribution < -0.4 is 15.4 Å². The third kappa shape index (κ3) is 6.84. The third-order valence-corrected chi connectivity index (χ3v) is 7.90. The van der Waals surface area contributed by atoms with Crippen LogP contribution in [0.4, 0.5) is 11.6 Å². The molecule has 0 saturated carbocycles. The summed E-state index contributed by atoms with van der Waals surface area (Å²) >= 11 is 0. The monoisotopic (exact) mass is 542 g/mol. The summed E-state index contributed by atoms with van der Waals surface area (Å²) < 4.78 is 11.7. The fourth-order valence-corrected chi connectivity index (χ4v) is 5.68. The molecule has 4 aromatic rings. The van der Waals surface area contributed by atoms with Gasteiger partial charge in [0.25, 0.3) is 0 Å². The molecule has 1 aromatic heterocycles. The van der Waals surface area contributed by atoms with E-state index in [1.54, 1.807) is 20.4 Å². The first-order valence-corrected chi connectivity index (χ1v) is 14.1. The number of likely N-dealkylation sites (tertiary alicyclic amines) is 1. The molecule has 1 aliphatic rings. The summed E-state index contributed by atoms with van der Waals surface area (Å²) in [5.74, 6) is 2.53. The number of nitrogens with two attached hydrogens (primary N) is 1. The van der Waals surface area contributed by atoms with Crippen LogP contribution in [0.15, 0.2) is 88.5 Å². The molecule has 0 amide bonds. The van der Waals surface area contributed by atoms with Crippen LogP contribution in [0.2, 0.25) is 0 Å². The van der Waals surface area contributed by atoms with Gasteiger partial charge in [0.2, 0.25) is 11.8 Å². The molecule has 40 heavy (non-hydrogen) atoms. The molecule has 7 nitrogen and oxygen atoms in total. The first-order valence-electron chi connectivity index (χ1n) is 14.1. The Bertz CT molecular complexity index is 1380. The highest BCUT2D eigenvalue weighted by atomic mass is 16.5. The summed E-state index contributed by atoms with van der Waals surface area (Å²) in [6.07, 6.45) is 8.89. The van der Waals surface area contributed by atoms with Crippen LogP contribution in [0, 0.1) is 5.92 Å². The minimum absolute atomic E-state index is 0. The molecule has 1 saturated heterocycles. The number of methoxy groups -OCH3 is 1. The van der Waals surface area contributed by atoms with Gasteiger partial charge in [-0.2, -0.15) is 0 Å². The van der Waals surface area contributed by atoms with E-state index in [1.807, 2.05) is 35.2 Å². The smallest absolute Gasteiger partial charge is 0.214 e. The number of piperidine rings is 1. The number of benzene rings is 3. The number of guanidine groups is 1. The molecule has 4 N–H and O–H groups in total. The zero-order valence-electron chi connectivity index (χ0n) is 23.7. The van der Waals surface area contributed by atoms with Crippen molar-refractivity contribution in [3.8, 4) is 5.75 Å². The first kappa shape index (κ1) is 29.2. The molecule has 1 fully saturated rings. The molecular formula is C33H42N4O3. The number of rotatable bonds is 10. The Hall–Kier alpha value is -3.81. The summed E-state index contributed by atoms with van der Waals surface area (Å²) in [5, 5.41) is 1.99. The molecule has 0 aliphatic carbocycles. The molecule has 0 atom stereocenters. The second-order valence-corrected chi connectivity index (χ2v) is 10.5. The number of fused-ring (bicyclic) bond motifs is 1. The molecular weight excluding hydrogens is 500 g/mol. The van der Waals surface area contributed by atoms with E-state index >= 15 is 0 Å². The number of unbranched alkanes of at least 4 members (excludes halogenated alkanes) is 1. The van der Waals surface area contributed by atoms with Gasteiger partial charge in [0.05, 0.1) is 12.8 Å². The van der Waals surface area contributed by atoms with Crippen LogP contribution in [-0.2, 0) is 12.8 Å². The van der Waals surface area contributed by atoms with E-state index in [0.717, 1.165) is 41.0 Å². The Kier molecular flexibility index (Phi) is 10.2. The highest BCUT2D eigenvalue weighted by molar-refractivity contribution is 6.08. The van der Waals surface area contributed by atoms with E-state index in [-0.39, 0.29) is 5.48 Å². The van der Waals surface area contributed by atoms with Crippen LogP contribution in [0.25, 0.3) is 10.8 Å². The van der Waals surface area contributed by atoms with Crippen LogP contribution in [0.1, 0.15) is 36.8 Å². The molecule has 0 unspecified atom stereocenters. The fourth-order valence-electron chi connectivity index (χ4n) is 5.68. The lowest BCUT2D eigenvalue weighted by molar-refractivity contribution is 0.181. The molecule has 0 bridgehead atoms. The van der Waals surface area contributed by atoms with E-state index in [9.17, 15) is 0 Å². The van der Waals surface area contributed by atoms with Gasteiger partial charge >= 0.3 is 0 Å². The van der Waals surface area contributed by atoms with E-state index in [2.05, 4.69) is 52.4 Å². The lowest BCUT2D eigenvalue weighted by atomic mass is 9.90. The van der Waals surface area contributed by atoms with Crippen molar-refractivity contribution >= 4 is 28.3 Å². The fraction of sp³-hybridized carbons (Fsp3) is 0.364. The number of ether oxygens (including phenoxy) is 1. The number of aryl methyl sites for hydroxylation is 1. The Morgan fingerprint density at radius 2 is 1.75 bits per heavy atom. The van der Waals surface area contributed by atoms with Gasteiger partial charge in [0, 0.05) is 17.8 Å². The SMILES string of the molecule is CN=C(N)N(c1cc(CCCCN2CCC(Cc3ccccc3)CC2)ccc1OC)c1occ2ccccc12.O. The van der Waals surface area contributed by atoms with E-state index < -0.39 is 0 Å².